The van der Waals surface area contributed by atoms with Gasteiger partial charge in [0, 0.05) is 51.0 Å². The molecule has 0 saturated carbocycles. The predicted octanol–water partition coefficient (Wildman–Crippen LogP) is 1.78. The van der Waals surface area contributed by atoms with Crippen molar-refractivity contribution >= 4 is 12.4 Å². The molecule has 0 amide bonds. The summed E-state index contributed by atoms with van der Waals surface area (Å²) < 4.78 is 0. The van der Waals surface area contributed by atoms with E-state index >= 15 is 0 Å². The molecule has 2 heterocycles. The predicted molar refractivity (Wildman–Crippen MR) is 52.1 cm³/mol. The smallest absolute Gasteiger partial charge is 0.0760 e. The summed E-state index contributed by atoms with van der Waals surface area (Å²) in [4.78, 5) is 8.79. The molecule has 0 aromatic carbocycles. The van der Waals surface area contributed by atoms with E-state index in [-0.39, 0.29) is 38.6 Å². The summed E-state index contributed by atoms with van der Waals surface area (Å²) in [5.74, 6) is 0. The van der Waals surface area contributed by atoms with E-state index in [1.165, 1.54) is 0 Å². The van der Waals surface area contributed by atoms with Gasteiger partial charge >= 0.3 is 0 Å². The van der Waals surface area contributed by atoms with E-state index < -0.39 is 0 Å². The molecule has 0 spiro atoms. The van der Waals surface area contributed by atoms with Crippen LogP contribution in [0.3, 0.4) is 0 Å². The molecule has 0 bridgehead atoms. The standard InChI is InChI=1S/C10H12N2.Tb/c1-3-7-11-9(5-1)10-6-2-4-8-12-10;/h1-4,7-10H,5-6H2;. The first-order chi connectivity index (χ1) is 5.97. The van der Waals surface area contributed by atoms with Gasteiger partial charge < -0.3 is 0 Å². The molecule has 2 aliphatic heterocycles. The van der Waals surface area contributed by atoms with Crippen molar-refractivity contribution < 1.29 is 38.6 Å². The van der Waals surface area contributed by atoms with Crippen molar-refractivity contribution in [2.24, 2.45) is 9.98 Å². The molecule has 1 radical (unpaired) electrons. The molecule has 0 saturated heterocycles. The molecular formula is C10H12N2Tb. The van der Waals surface area contributed by atoms with E-state index in [0.29, 0.717) is 12.1 Å². The van der Waals surface area contributed by atoms with Gasteiger partial charge in [-0.1, -0.05) is 12.2 Å². The maximum atomic E-state index is 4.39. The van der Waals surface area contributed by atoms with Crippen LogP contribution in [-0.2, 0) is 0 Å². The Labute approximate surface area is 109 Å². The van der Waals surface area contributed by atoms with Gasteiger partial charge in [-0.2, -0.15) is 0 Å². The van der Waals surface area contributed by atoms with Crippen molar-refractivity contribution in [2.75, 3.05) is 0 Å². The maximum absolute atomic E-state index is 4.39. The average Bonchev–Trinajstić information content (AvgIpc) is 2.21. The fourth-order valence-electron chi connectivity index (χ4n) is 1.51. The van der Waals surface area contributed by atoms with Crippen LogP contribution in [0.5, 0.6) is 0 Å². The Morgan fingerprint density at radius 1 is 0.846 bits per heavy atom. The molecule has 0 aromatic heterocycles. The molecule has 0 fully saturated rings. The summed E-state index contributed by atoms with van der Waals surface area (Å²) in [6.07, 6.45) is 14.1. The summed E-state index contributed by atoms with van der Waals surface area (Å²) in [6, 6.07) is 0.743. The third-order valence-corrected chi connectivity index (χ3v) is 2.20. The molecule has 0 aromatic rings. The number of hydrogen-bond acceptors (Lipinski definition) is 2. The molecular weight excluding hydrogens is 307 g/mol. The number of nitrogens with zero attached hydrogens (tertiary/aromatic N) is 2. The largest absolute Gasteiger partial charge is 0.287 e. The van der Waals surface area contributed by atoms with E-state index in [1.54, 1.807) is 0 Å². The van der Waals surface area contributed by atoms with Crippen molar-refractivity contribution in [3.8, 4) is 0 Å². The summed E-state index contributed by atoms with van der Waals surface area (Å²) >= 11 is 0. The van der Waals surface area contributed by atoms with Crippen molar-refractivity contribution in [1.82, 2.24) is 0 Å². The zero-order chi connectivity index (χ0) is 8.23. The van der Waals surface area contributed by atoms with E-state index in [1.807, 2.05) is 24.6 Å². The van der Waals surface area contributed by atoms with Gasteiger partial charge in [-0.05, 0) is 25.0 Å². The quantitative estimate of drug-likeness (QED) is 0.704. The molecule has 2 rings (SSSR count). The second kappa shape index (κ2) is 5.76. The van der Waals surface area contributed by atoms with Crippen molar-refractivity contribution in [1.29, 1.82) is 0 Å². The zero-order valence-corrected chi connectivity index (χ0v) is 9.40. The van der Waals surface area contributed by atoms with Gasteiger partial charge in [0.2, 0.25) is 0 Å². The van der Waals surface area contributed by atoms with Gasteiger partial charge in [0.05, 0.1) is 12.1 Å². The number of dihydropyridines is 2. The van der Waals surface area contributed by atoms with E-state index in [4.69, 9.17) is 0 Å². The van der Waals surface area contributed by atoms with Crippen molar-refractivity contribution in [3.63, 3.8) is 0 Å². The van der Waals surface area contributed by atoms with Gasteiger partial charge in [-0.25, -0.2) is 0 Å². The minimum atomic E-state index is 0. The minimum absolute atomic E-state index is 0. The first-order valence-electron chi connectivity index (χ1n) is 4.33. The number of aliphatic imine (C=N–C) groups is 2. The molecule has 0 aliphatic carbocycles. The van der Waals surface area contributed by atoms with Crippen LogP contribution in [0.4, 0.5) is 0 Å². The zero-order valence-electron chi connectivity index (χ0n) is 7.26. The number of hydrogen-bond donors (Lipinski definition) is 0. The molecule has 2 unspecified atom stereocenters. The fourth-order valence-corrected chi connectivity index (χ4v) is 1.51. The Balaban J connectivity index is 0.000000845. The molecule has 13 heavy (non-hydrogen) atoms. The van der Waals surface area contributed by atoms with Gasteiger partial charge in [0.15, 0.2) is 0 Å². The van der Waals surface area contributed by atoms with Gasteiger partial charge in [0.1, 0.15) is 0 Å². The van der Waals surface area contributed by atoms with Crippen molar-refractivity contribution in [3.05, 3.63) is 24.3 Å². The Hall–Kier alpha value is 0.106. The van der Waals surface area contributed by atoms with Crippen LogP contribution >= 0.6 is 0 Å². The Morgan fingerprint density at radius 3 is 1.62 bits per heavy atom. The van der Waals surface area contributed by atoms with Crippen LogP contribution in [0.15, 0.2) is 34.3 Å². The van der Waals surface area contributed by atoms with Crippen molar-refractivity contribution in [2.45, 2.75) is 24.9 Å². The summed E-state index contributed by atoms with van der Waals surface area (Å²) in [5, 5.41) is 0. The van der Waals surface area contributed by atoms with Gasteiger partial charge in [-0.3, -0.25) is 9.98 Å². The molecule has 2 aliphatic rings. The van der Waals surface area contributed by atoms with E-state index in [2.05, 4.69) is 22.1 Å². The second-order valence-corrected chi connectivity index (χ2v) is 3.06. The average molecular weight is 319 g/mol. The molecule has 2 nitrogen and oxygen atoms in total. The monoisotopic (exact) mass is 319 g/mol. The van der Waals surface area contributed by atoms with Crippen LogP contribution < -0.4 is 0 Å². The van der Waals surface area contributed by atoms with Crippen LogP contribution in [0.25, 0.3) is 0 Å². The third kappa shape index (κ3) is 3.06. The molecule has 0 N–H and O–H groups in total. The van der Waals surface area contributed by atoms with Gasteiger partial charge in [0.25, 0.3) is 0 Å². The Bertz CT molecular complexity index is 238. The number of rotatable bonds is 1. The SMILES string of the molecule is C1=CCC(C2CC=CC=N2)N=C1.[Tb]. The van der Waals surface area contributed by atoms with Crippen LogP contribution in [0.1, 0.15) is 12.8 Å². The maximum Gasteiger partial charge on any atom is 0.0760 e. The fraction of sp³-hybridized carbons (Fsp3) is 0.400. The second-order valence-electron chi connectivity index (χ2n) is 3.06. The first-order valence-corrected chi connectivity index (χ1v) is 4.33. The molecule has 71 valence electrons. The molecule has 3 heteroatoms. The van der Waals surface area contributed by atoms with Gasteiger partial charge in [-0.15, -0.1) is 0 Å². The minimum Gasteiger partial charge on any atom is -0.287 e. The third-order valence-electron chi connectivity index (χ3n) is 2.20. The summed E-state index contributed by atoms with van der Waals surface area (Å²) in [5.41, 5.74) is 0. The topological polar surface area (TPSA) is 24.7 Å². The summed E-state index contributed by atoms with van der Waals surface area (Å²) in [6.45, 7) is 0. The van der Waals surface area contributed by atoms with Crippen LogP contribution in [-0.4, -0.2) is 24.5 Å². The summed E-state index contributed by atoms with van der Waals surface area (Å²) in [7, 11) is 0. The first kappa shape index (κ1) is 11.2. The van der Waals surface area contributed by atoms with Crippen LogP contribution in [0, 0.1) is 38.6 Å². The Kier molecular flexibility index (Phi) is 4.95. The molecule has 2 atom stereocenters. The number of allylic oxidation sites excluding steroid dienone is 2. The Morgan fingerprint density at radius 2 is 1.31 bits per heavy atom. The van der Waals surface area contributed by atoms with E-state index in [0.717, 1.165) is 12.8 Å². The van der Waals surface area contributed by atoms with Crippen LogP contribution in [0.2, 0.25) is 0 Å². The normalized spacial score (nSPS) is 30.2. The van der Waals surface area contributed by atoms with E-state index in [9.17, 15) is 0 Å².